The number of hydrogen-bond donors (Lipinski definition) is 1. The molecule has 3 atom stereocenters. The van der Waals surface area contributed by atoms with Crippen LogP contribution in [0.1, 0.15) is 23.7 Å². The predicted molar refractivity (Wildman–Crippen MR) is 98.5 cm³/mol. The molecule has 0 aliphatic carbocycles. The van der Waals surface area contributed by atoms with Gasteiger partial charge < -0.3 is 10.1 Å². The first-order valence-corrected chi connectivity index (χ1v) is 9.01. The highest BCUT2D eigenvalue weighted by molar-refractivity contribution is 5.94. The molecule has 0 radical (unpaired) electrons. The van der Waals surface area contributed by atoms with Crippen LogP contribution >= 0.6 is 0 Å². The lowest BCUT2D eigenvalue weighted by Crippen LogP contribution is -2.45. The van der Waals surface area contributed by atoms with Gasteiger partial charge in [-0.2, -0.15) is 0 Å². The summed E-state index contributed by atoms with van der Waals surface area (Å²) in [6.45, 7) is 4.77. The van der Waals surface area contributed by atoms with Gasteiger partial charge in [-0.05, 0) is 36.6 Å². The van der Waals surface area contributed by atoms with Crippen LogP contribution < -0.4 is 5.32 Å². The van der Waals surface area contributed by atoms with Crippen molar-refractivity contribution < 1.29 is 9.53 Å². The van der Waals surface area contributed by atoms with E-state index in [4.69, 9.17) is 4.74 Å². The van der Waals surface area contributed by atoms with Gasteiger partial charge in [0.1, 0.15) is 0 Å². The van der Waals surface area contributed by atoms with E-state index in [1.54, 1.807) is 0 Å². The van der Waals surface area contributed by atoms with Crippen molar-refractivity contribution in [1.82, 2.24) is 10.2 Å². The topological polar surface area (TPSA) is 41.6 Å². The molecule has 1 amide bonds. The average Bonchev–Trinajstić information content (AvgIpc) is 3.04. The third-order valence-electron chi connectivity index (χ3n) is 5.18. The Morgan fingerprint density at radius 2 is 1.76 bits per heavy atom. The Morgan fingerprint density at radius 1 is 1.04 bits per heavy atom. The van der Waals surface area contributed by atoms with Gasteiger partial charge in [0, 0.05) is 30.7 Å². The lowest BCUT2D eigenvalue weighted by Gasteiger charge is -2.33. The number of ether oxygens (including phenoxy) is 1. The summed E-state index contributed by atoms with van der Waals surface area (Å²) < 4.78 is 5.73. The van der Waals surface area contributed by atoms with Crippen LogP contribution in [0.2, 0.25) is 0 Å². The summed E-state index contributed by atoms with van der Waals surface area (Å²) in [5, 5.41) is 3.19. The van der Waals surface area contributed by atoms with Crippen LogP contribution in [0.5, 0.6) is 0 Å². The Hall–Kier alpha value is -2.17. The van der Waals surface area contributed by atoms with Gasteiger partial charge in [-0.1, -0.05) is 42.5 Å². The number of rotatable bonds is 3. The van der Waals surface area contributed by atoms with E-state index in [-0.39, 0.29) is 18.1 Å². The third-order valence-corrected chi connectivity index (χ3v) is 5.18. The van der Waals surface area contributed by atoms with Crippen molar-refractivity contribution in [2.45, 2.75) is 31.5 Å². The molecule has 2 heterocycles. The molecule has 0 saturated carbocycles. The van der Waals surface area contributed by atoms with Crippen LogP contribution in [0.15, 0.2) is 54.6 Å². The Labute approximate surface area is 148 Å². The normalized spacial score (nSPS) is 26.2. The molecule has 130 valence electrons. The standard InChI is InChI=1S/C21H24N2O2/c1-15-12-23-13-19(11-20(23)14-25-15)22-21(24)18-9-7-17(8-10-18)16-5-3-2-4-6-16/h2-10,15,19-20H,11-14H2,1H3,(H,22,24)/t15-,19+,20-/m0/s1. The zero-order valence-electron chi connectivity index (χ0n) is 14.5. The van der Waals surface area contributed by atoms with Crippen LogP contribution in [0.4, 0.5) is 0 Å². The van der Waals surface area contributed by atoms with Crippen LogP contribution in [-0.4, -0.2) is 48.7 Å². The highest BCUT2D eigenvalue weighted by atomic mass is 16.5. The molecule has 2 aliphatic rings. The molecule has 2 fully saturated rings. The molecule has 4 heteroatoms. The minimum atomic E-state index is 0.0124. The Morgan fingerprint density at radius 3 is 2.52 bits per heavy atom. The van der Waals surface area contributed by atoms with E-state index in [1.807, 2.05) is 42.5 Å². The highest BCUT2D eigenvalue weighted by Gasteiger charge is 2.36. The van der Waals surface area contributed by atoms with Gasteiger partial charge in [-0.3, -0.25) is 9.69 Å². The molecule has 0 unspecified atom stereocenters. The summed E-state index contributed by atoms with van der Waals surface area (Å²) in [5.74, 6) is 0.0124. The second-order valence-corrected chi connectivity index (χ2v) is 7.10. The van der Waals surface area contributed by atoms with Gasteiger partial charge in [-0.15, -0.1) is 0 Å². The van der Waals surface area contributed by atoms with Crippen molar-refractivity contribution >= 4 is 5.91 Å². The first-order valence-electron chi connectivity index (χ1n) is 9.01. The minimum Gasteiger partial charge on any atom is -0.376 e. The fourth-order valence-electron chi connectivity index (χ4n) is 3.86. The molecule has 0 aromatic heterocycles. The zero-order valence-corrected chi connectivity index (χ0v) is 14.5. The lowest BCUT2D eigenvalue weighted by molar-refractivity contribution is -0.0390. The van der Waals surface area contributed by atoms with Crippen molar-refractivity contribution in [1.29, 1.82) is 0 Å². The smallest absolute Gasteiger partial charge is 0.251 e. The third kappa shape index (κ3) is 3.60. The Bertz CT molecular complexity index is 729. The molecule has 0 bridgehead atoms. The summed E-state index contributed by atoms with van der Waals surface area (Å²) in [4.78, 5) is 15.0. The summed E-state index contributed by atoms with van der Waals surface area (Å²) >= 11 is 0. The number of nitrogens with one attached hydrogen (secondary N) is 1. The summed E-state index contributed by atoms with van der Waals surface area (Å²) in [6.07, 6.45) is 1.26. The Kier molecular flexibility index (Phi) is 4.55. The fraction of sp³-hybridized carbons (Fsp3) is 0.381. The predicted octanol–water partition coefficient (Wildman–Crippen LogP) is 2.95. The molecular weight excluding hydrogens is 312 g/mol. The lowest BCUT2D eigenvalue weighted by atomic mass is 10.0. The monoisotopic (exact) mass is 336 g/mol. The molecule has 4 nitrogen and oxygen atoms in total. The number of benzene rings is 2. The molecule has 2 aromatic carbocycles. The zero-order chi connectivity index (χ0) is 17.2. The largest absolute Gasteiger partial charge is 0.376 e. The van der Waals surface area contributed by atoms with E-state index >= 15 is 0 Å². The van der Waals surface area contributed by atoms with Gasteiger partial charge in [0.05, 0.1) is 12.7 Å². The van der Waals surface area contributed by atoms with Crippen molar-refractivity contribution in [3.63, 3.8) is 0 Å². The van der Waals surface area contributed by atoms with Crippen LogP contribution in [0.25, 0.3) is 11.1 Å². The van der Waals surface area contributed by atoms with Crippen molar-refractivity contribution in [3.8, 4) is 11.1 Å². The van der Waals surface area contributed by atoms with Crippen LogP contribution in [0, 0.1) is 0 Å². The molecule has 4 rings (SSSR count). The first kappa shape index (κ1) is 16.3. The average molecular weight is 336 g/mol. The maximum absolute atomic E-state index is 12.6. The van der Waals surface area contributed by atoms with E-state index in [9.17, 15) is 4.79 Å². The van der Waals surface area contributed by atoms with Crippen LogP contribution in [0.3, 0.4) is 0 Å². The molecule has 1 N–H and O–H groups in total. The SMILES string of the molecule is C[C@H]1CN2C[C@H](NC(=O)c3ccc(-c4ccccc4)cc3)C[C@H]2CO1. The molecule has 2 aromatic rings. The van der Waals surface area contributed by atoms with E-state index in [0.717, 1.165) is 37.2 Å². The summed E-state index contributed by atoms with van der Waals surface area (Å²) in [7, 11) is 0. The number of hydrogen-bond acceptors (Lipinski definition) is 3. The number of carbonyl (C=O) groups is 1. The second-order valence-electron chi connectivity index (χ2n) is 7.10. The number of amides is 1. The quantitative estimate of drug-likeness (QED) is 0.937. The van der Waals surface area contributed by atoms with E-state index in [1.165, 1.54) is 0 Å². The number of carbonyl (C=O) groups excluding carboxylic acids is 1. The van der Waals surface area contributed by atoms with Gasteiger partial charge in [0.2, 0.25) is 0 Å². The molecule has 25 heavy (non-hydrogen) atoms. The fourth-order valence-corrected chi connectivity index (χ4v) is 3.86. The van der Waals surface area contributed by atoms with Crippen molar-refractivity contribution in [3.05, 3.63) is 60.2 Å². The second kappa shape index (κ2) is 6.98. The molecular formula is C21H24N2O2. The minimum absolute atomic E-state index is 0.0124. The number of fused-ring (bicyclic) bond motifs is 1. The maximum atomic E-state index is 12.6. The highest BCUT2D eigenvalue weighted by Crippen LogP contribution is 2.24. The van der Waals surface area contributed by atoms with Crippen molar-refractivity contribution in [2.24, 2.45) is 0 Å². The molecule has 2 saturated heterocycles. The first-order chi connectivity index (χ1) is 12.2. The van der Waals surface area contributed by atoms with Gasteiger partial charge in [-0.25, -0.2) is 0 Å². The number of nitrogens with zero attached hydrogens (tertiary/aromatic N) is 1. The van der Waals surface area contributed by atoms with Crippen LogP contribution in [-0.2, 0) is 4.74 Å². The van der Waals surface area contributed by atoms with Gasteiger partial charge in [0.25, 0.3) is 5.91 Å². The van der Waals surface area contributed by atoms with Crippen molar-refractivity contribution in [2.75, 3.05) is 19.7 Å². The van der Waals surface area contributed by atoms with E-state index in [2.05, 4.69) is 29.3 Å². The van der Waals surface area contributed by atoms with E-state index in [0.29, 0.717) is 11.6 Å². The summed E-state index contributed by atoms with van der Waals surface area (Å²) in [6, 6.07) is 18.7. The van der Waals surface area contributed by atoms with E-state index < -0.39 is 0 Å². The maximum Gasteiger partial charge on any atom is 0.251 e. The molecule has 0 spiro atoms. The number of morpholine rings is 1. The van der Waals surface area contributed by atoms with Gasteiger partial charge in [0.15, 0.2) is 0 Å². The van der Waals surface area contributed by atoms with Gasteiger partial charge >= 0.3 is 0 Å². The molecule has 2 aliphatic heterocycles. The summed E-state index contributed by atoms with van der Waals surface area (Å²) in [5.41, 5.74) is 3.01. The Balaban J connectivity index is 1.38.